The summed E-state index contributed by atoms with van der Waals surface area (Å²) >= 11 is -2.07. The molecule has 0 amide bonds. The monoisotopic (exact) mass is 419 g/mol. The number of hydrogen-bond acceptors (Lipinski definition) is 2. The molecule has 2 nitrogen and oxygen atoms in total. The van der Waals surface area contributed by atoms with Crippen molar-refractivity contribution in [1.82, 2.24) is 0 Å². The Morgan fingerprint density at radius 2 is 1.45 bits per heavy atom. The van der Waals surface area contributed by atoms with Gasteiger partial charge in [0, 0.05) is 0 Å². The van der Waals surface area contributed by atoms with Crippen LogP contribution in [-0.2, 0) is 4.74 Å². The molecule has 0 aromatic heterocycles. The second-order valence-corrected chi connectivity index (χ2v) is 21.3. The van der Waals surface area contributed by atoms with E-state index >= 15 is 0 Å². The van der Waals surface area contributed by atoms with Crippen LogP contribution in [0.4, 0.5) is 0 Å². The Morgan fingerprint density at radius 3 is 1.82 bits per heavy atom. The first-order chi connectivity index (χ1) is 10.7. The predicted octanol–water partition coefficient (Wildman–Crippen LogP) is 5.52. The molecule has 0 bridgehead atoms. The topological polar surface area (TPSA) is 35.2 Å². The summed E-state index contributed by atoms with van der Waals surface area (Å²) in [5.41, 5.74) is 6.31. The van der Waals surface area contributed by atoms with Crippen molar-refractivity contribution in [2.75, 3.05) is 11.2 Å². The zero-order chi connectivity index (χ0) is 16.3. The molecule has 132 valence electrons. The Hall–Kier alpha value is 0.719. The summed E-state index contributed by atoms with van der Waals surface area (Å²) in [6.45, 7) is 7.84. The maximum absolute atomic E-state index is 6.31. The summed E-state index contributed by atoms with van der Waals surface area (Å²) in [6, 6.07) is 0.307. The molecule has 3 heteroatoms. The van der Waals surface area contributed by atoms with Gasteiger partial charge in [-0.05, 0) is 0 Å². The first kappa shape index (κ1) is 20.8. The average molecular weight is 418 g/mol. The van der Waals surface area contributed by atoms with Crippen LogP contribution in [0.2, 0.25) is 13.3 Å². The predicted molar refractivity (Wildman–Crippen MR) is 101 cm³/mol. The fourth-order valence-electron chi connectivity index (χ4n) is 3.66. The number of unbranched alkanes of at least 4 members (excludes halogenated alkanes) is 3. The zero-order valence-corrected chi connectivity index (χ0v) is 18.4. The molecule has 0 heterocycles. The summed E-state index contributed by atoms with van der Waals surface area (Å²) in [5, 5.41) is 0. The van der Waals surface area contributed by atoms with Gasteiger partial charge in [0.1, 0.15) is 0 Å². The van der Waals surface area contributed by atoms with E-state index in [1.807, 2.05) is 0 Å². The molecule has 22 heavy (non-hydrogen) atoms. The molecule has 0 spiro atoms. The fourth-order valence-corrected chi connectivity index (χ4v) is 18.1. The van der Waals surface area contributed by atoms with Gasteiger partial charge in [-0.3, -0.25) is 0 Å². The zero-order valence-electron chi connectivity index (χ0n) is 15.5. The van der Waals surface area contributed by atoms with Crippen LogP contribution in [0.3, 0.4) is 0 Å². The molecule has 1 aliphatic rings. The van der Waals surface area contributed by atoms with Crippen LogP contribution >= 0.6 is 0 Å². The van der Waals surface area contributed by atoms with E-state index in [2.05, 4.69) is 20.8 Å². The molecule has 2 N–H and O–H groups in total. The first-order valence-electron chi connectivity index (χ1n) is 10.0. The van der Waals surface area contributed by atoms with Crippen molar-refractivity contribution in [2.45, 2.75) is 97.9 Å². The van der Waals surface area contributed by atoms with Crippen molar-refractivity contribution in [3.8, 4) is 0 Å². The van der Waals surface area contributed by atoms with Gasteiger partial charge < -0.3 is 0 Å². The van der Waals surface area contributed by atoms with Crippen molar-refractivity contribution in [2.24, 2.45) is 11.7 Å². The third-order valence-corrected chi connectivity index (χ3v) is 20.1. The van der Waals surface area contributed by atoms with Crippen LogP contribution < -0.4 is 5.73 Å². The van der Waals surface area contributed by atoms with Crippen LogP contribution in [0, 0.1) is 5.92 Å². The van der Waals surface area contributed by atoms with E-state index in [0.717, 1.165) is 17.1 Å². The van der Waals surface area contributed by atoms with Gasteiger partial charge in [-0.2, -0.15) is 0 Å². The van der Waals surface area contributed by atoms with Gasteiger partial charge in [-0.1, -0.05) is 0 Å². The van der Waals surface area contributed by atoms with Gasteiger partial charge in [0.25, 0.3) is 0 Å². The van der Waals surface area contributed by atoms with Crippen molar-refractivity contribution in [3.63, 3.8) is 0 Å². The molecule has 0 aromatic rings. The molecule has 1 atom stereocenters. The summed E-state index contributed by atoms with van der Waals surface area (Å²) in [7, 11) is 0. The molecule has 1 rings (SSSR count). The Balaban J connectivity index is 2.47. The third-order valence-electron chi connectivity index (χ3n) is 5.66. The minimum absolute atomic E-state index is 0.307. The van der Waals surface area contributed by atoms with Gasteiger partial charge in [0.2, 0.25) is 0 Å². The average Bonchev–Trinajstić information content (AvgIpc) is 2.46. The summed E-state index contributed by atoms with van der Waals surface area (Å²) in [5.74, 6) is 0.756. The van der Waals surface area contributed by atoms with E-state index in [0.29, 0.717) is 6.04 Å². The first-order valence-corrected chi connectivity index (χ1v) is 18.1. The number of hydrogen-bond donors (Lipinski definition) is 1. The molecule has 1 aliphatic carbocycles. The molecule has 0 radical (unpaired) electrons. The van der Waals surface area contributed by atoms with E-state index in [-0.39, 0.29) is 0 Å². The molecular weight excluding hydrogens is 377 g/mol. The molecule has 1 unspecified atom stereocenters. The van der Waals surface area contributed by atoms with Crippen LogP contribution in [0.25, 0.3) is 0 Å². The van der Waals surface area contributed by atoms with E-state index in [1.54, 1.807) is 13.3 Å². The quantitative estimate of drug-likeness (QED) is 0.377. The summed E-state index contributed by atoms with van der Waals surface area (Å²) in [4.78, 5) is 0. The standard InChI is InChI=1S/C7H14NO.3C4H9.Sn/c1-9-5-7(8)6-3-2-4-6;3*1-3-4-2;/h6-7H,1-5,8H2;3*1,3-4H2,2H3;. The molecule has 0 saturated heterocycles. The van der Waals surface area contributed by atoms with Crippen molar-refractivity contribution in [3.05, 3.63) is 0 Å². The van der Waals surface area contributed by atoms with Gasteiger partial charge >= 0.3 is 144 Å². The number of rotatable bonds is 14. The normalized spacial score (nSPS) is 17.5. The van der Waals surface area contributed by atoms with Crippen LogP contribution in [0.1, 0.15) is 78.6 Å². The van der Waals surface area contributed by atoms with Gasteiger partial charge in [0.05, 0.1) is 0 Å². The van der Waals surface area contributed by atoms with Gasteiger partial charge in [0.15, 0.2) is 0 Å². The molecular formula is C19H41NOSn. The minimum atomic E-state index is -2.07. The molecule has 0 aromatic carbocycles. The SMILES string of the molecule is CCC[CH2][Sn]([CH2]CCC)([CH2]CCC)[CH2]OCC(N)C1CCC1. The van der Waals surface area contributed by atoms with E-state index in [9.17, 15) is 0 Å². The van der Waals surface area contributed by atoms with Crippen molar-refractivity contribution >= 4 is 18.4 Å². The summed E-state index contributed by atoms with van der Waals surface area (Å²) < 4.78 is 12.1. The maximum atomic E-state index is 6.31. The summed E-state index contributed by atoms with van der Waals surface area (Å²) in [6.07, 6.45) is 12.4. The molecule has 0 aliphatic heterocycles. The van der Waals surface area contributed by atoms with Crippen molar-refractivity contribution < 1.29 is 4.74 Å². The Labute approximate surface area is 143 Å². The fraction of sp³-hybridized carbons (Fsp3) is 1.00. The van der Waals surface area contributed by atoms with E-state index < -0.39 is 18.4 Å². The second-order valence-electron chi connectivity index (χ2n) is 7.68. The number of nitrogens with two attached hydrogens (primary N) is 1. The van der Waals surface area contributed by atoms with Crippen LogP contribution in [0.15, 0.2) is 0 Å². The van der Waals surface area contributed by atoms with E-state index in [1.165, 1.54) is 57.8 Å². The van der Waals surface area contributed by atoms with Gasteiger partial charge in [-0.15, -0.1) is 0 Å². The number of ether oxygens (including phenoxy) is 1. The second kappa shape index (κ2) is 12.1. The van der Waals surface area contributed by atoms with Crippen LogP contribution in [0.5, 0.6) is 0 Å². The van der Waals surface area contributed by atoms with Crippen LogP contribution in [-0.4, -0.2) is 35.6 Å². The Kier molecular flexibility index (Phi) is 11.5. The Bertz CT molecular complexity index is 246. The Morgan fingerprint density at radius 1 is 0.955 bits per heavy atom. The van der Waals surface area contributed by atoms with Gasteiger partial charge in [-0.25, -0.2) is 0 Å². The third kappa shape index (κ3) is 7.53. The van der Waals surface area contributed by atoms with Crippen molar-refractivity contribution in [1.29, 1.82) is 0 Å². The molecule has 1 saturated carbocycles. The molecule has 1 fully saturated rings. The van der Waals surface area contributed by atoms with E-state index in [4.69, 9.17) is 10.5 Å².